The van der Waals surface area contributed by atoms with E-state index in [-0.39, 0.29) is 23.0 Å². The van der Waals surface area contributed by atoms with Crippen molar-refractivity contribution < 1.29 is 23.4 Å². The monoisotopic (exact) mass is 619 g/mol. The molecule has 2 aliphatic carbocycles. The fraction of sp³-hybridized carbons (Fsp3) is 0.567. The molecule has 2 saturated carbocycles. The first-order chi connectivity index (χ1) is 20.5. The fourth-order valence-electron chi connectivity index (χ4n) is 6.22. The van der Waals surface area contributed by atoms with E-state index in [9.17, 15) is 23.4 Å². The van der Waals surface area contributed by atoms with Crippen molar-refractivity contribution in [3.63, 3.8) is 0 Å². The van der Waals surface area contributed by atoms with Gasteiger partial charge in [0.05, 0.1) is 39.2 Å². The van der Waals surface area contributed by atoms with Crippen LogP contribution in [0.1, 0.15) is 63.4 Å². The van der Waals surface area contributed by atoms with Crippen LogP contribution in [0.3, 0.4) is 0 Å². The van der Waals surface area contributed by atoms with Crippen LogP contribution in [0.15, 0.2) is 30.7 Å². The third-order valence-electron chi connectivity index (χ3n) is 8.79. The molecule has 4 unspecified atom stereocenters. The van der Waals surface area contributed by atoms with Crippen LogP contribution in [0.4, 0.5) is 19.0 Å². The molecular weight excluding hydrogens is 583 g/mol. The number of aliphatic hydroxyl groups is 2. The highest BCUT2D eigenvalue weighted by molar-refractivity contribution is 6.32. The van der Waals surface area contributed by atoms with Crippen LogP contribution >= 0.6 is 11.6 Å². The molecule has 0 radical (unpaired) electrons. The molecule has 4 aromatic rings. The molecule has 0 spiro atoms. The highest BCUT2D eigenvalue weighted by Crippen LogP contribution is 2.39. The Balaban J connectivity index is 1.06. The van der Waals surface area contributed by atoms with Gasteiger partial charge in [0.1, 0.15) is 29.7 Å². The van der Waals surface area contributed by atoms with Gasteiger partial charge >= 0.3 is 6.18 Å². The molecule has 6 rings (SSSR count). The number of benzene rings is 1. The van der Waals surface area contributed by atoms with Crippen molar-refractivity contribution in [2.24, 2.45) is 5.92 Å². The molecule has 9 nitrogen and oxygen atoms in total. The number of unbranched alkanes of at least 4 members (excludes halogenated alkanes) is 1. The average Bonchev–Trinajstić information content (AvgIpc) is 3.40. The molecular formula is C30H37ClF3N7O2. The number of aromatic nitrogens is 5. The third-order valence-corrected chi connectivity index (χ3v) is 9.10. The Bertz CT molecular complexity index is 1590. The van der Waals surface area contributed by atoms with Crippen molar-refractivity contribution in [3.05, 3.63) is 47.1 Å². The van der Waals surface area contributed by atoms with Crippen LogP contribution in [0.2, 0.25) is 5.02 Å². The maximum Gasteiger partial charge on any atom is 0.417 e. The van der Waals surface area contributed by atoms with Crippen LogP contribution in [-0.2, 0) is 12.6 Å². The van der Waals surface area contributed by atoms with Gasteiger partial charge in [0.2, 0.25) is 0 Å². The number of halogens is 4. The van der Waals surface area contributed by atoms with Crippen LogP contribution in [0.5, 0.6) is 0 Å². The summed E-state index contributed by atoms with van der Waals surface area (Å²) in [7, 11) is 0. The van der Waals surface area contributed by atoms with Crippen LogP contribution in [0, 0.1) is 5.92 Å². The van der Waals surface area contributed by atoms with Crippen LogP contribution in [0.25, 0.3) is 22.1 Å². The Morgan fingerprint density at radius 2 is 1.95 bits per heavy atom. The Morgan fingerprint density at radius 3 is 2.67 bits per heavy atom. The van der Waals surface area contributed by atoms with E-state index in [1.807, 2.05) is 16.8 Å². The second kappa shape index (κ2) is 11.9. The van der Waals surface area contributed by atoms with Gasteiger partial charge in [-0.05, 0) is 70.7 Å². The first-order valence-corrected chi connectivity index (χ1v) is 15.3. The van der Waals surface area contributed by atoms with Crippen molar-refractivity contribution in [1.82, 2.24) is 29.4 Å². The van der Waals surface area contributed by atoms with Crippen molar-refractivity contribution in [3.8, 4) is 0 Å². The summed E-state index contributed by atoms with van der Waals surface area (Å²) < 4.78 is 41.6. The zero-order valence-corrected chi connectivity index (χ0v) is 24.9. The lowest BCUT2D eigenvalue weighted by Gasteiger charge is -2.30. The van der Waals surface area contributed by atoms with Gasteiger partial charge in [0, 0.05) is 37.2 Å². The van der Waals surface area contributed by atoms with E-state index in [0.717, 1.165) is 55.1 Å². The Morgan fingerprint density at radius 1 is 1.16 bits per heavy atom. The predicted molar refractivity (Wildman–Crippen MR) is 159 cm³/mol. The molecule has 0 saturated heterocycles. The van der Waals surface area contributed by atoms with E-state index < -0.39 is 23.9 Å². The second-order valence-corrected chi connectivity index (χ2v) is 12.6. The average molecular weight is 620 g/mol. The molecule has 0 amide bonds. The number of nitrogens with one attached hydrogen (secondary N) is 2. The number of fused-ring (bicyclic) bond motifs is 2. The summed E-state index contributed by atoms with van der Waals surface area (Å²) in [5, 5.41) is 26.1. The molecule has 232 valence electrons. The number of nitrogens with zero attached hydrogens (tertiary/aromatic N) is 5. The number of imidazole rings is 1. The van der Waals surface area contributed by atoms with Crippen molar-refractivity contribution in [2.75, 3.05) is 18.4 Å². The largest absolute Gasteiger partial charge is 0.417 e. The van der Waals surface area contributed by atoms with E-state index in [1.165, 1.54) is 6.07 Å². The summed E-state index contributed by atoms with van der Waals surface area (Å²) in [6, 6.07) is 4.62. The minimum Gasteiger partial charge on any atom is -0.390 e. The lowest BCUT2D eigenvalue weighted by molar-refractivity contribution is -0.137. The molecule has 4 atom stereocenters. The first-order valence-electron chi connectivity index (χ1n) is 14.9. The number of aryl methyl sites for hydroxylation is 1. The van der Waals surface area contributed by atoms with Gasteiger partial charge < -0.3 is 30.0 Å². The number of hydrogen-bond acceptors (Lipinski definition) is 7. The SMILES string of the molecule is CC(C)N(CCCCc1nc2cc(Cl)c(C(F)(F)F)cc2[nH]1)CC1CC(n2ccc3c(NC4CC4)ncnc32)C(O)C1O. The van der Waals surface area contributed by atoms with Gasteiger partial charge in [-0.15, -0.1) is 0 Å². The van der Waals surface area contributed by atoms with E-state index in [0.29, 0.717) is 42.3 Å². The standard InChI is InChI=1S/C30H37ClF3N7O2/c1-16(2)40(9-4-3-5-25-38-22-12-20(30(32,33)34)21(31)13-23(22)39-25)14-17-11-24(27(43)26(17)42)41-10-8-19-28(37-18-6-7-18)35-15-36-29(19)41/h8,10,12-13,15-18,24,26-27,42-43H,3-7,9,11,14H2,1-2H3,(H,38,39)(H,35,36,37). The van der Waals surface area contributed by atoms with Gasteiger partial charge in [-0.2, -0.15) is 13.2 Å². The number of anilines is 1. The van der Waals surface area contributed by atoms with Gasteiger partial charge in [0.15, 0.2) is 0 Å². The Hall–Kier alpha value is -2.93. The molecule has 43 heavy (non-hydrogen) atoms. The summed E-state index contributed by atoms with van der Waals surface area (Å²) >= 11 is 5.84. The normalized spacial score (nSPS) is 22.9. The molecule has 2 aliphatic rings. The molecule has 13 heteroatoms. The zero-order valence-electron chi connectivity index (χ0n) is 24.2. The lowest BCUT2D eigenvalue weighted by atomic mass is 10.0. The molecule has 4 N–H and O–H groups in total. The number of aromatic amines is 1. The number of aliphatic hydroxyl groups excluding tert-OH is 2. The highest BCUT2D eigenvalue weighted by atomic mass is 35.5. The second-order valence-electron chi connectivity index (χ2n) is 12.2. The summed E-state index contributed by atoms with van der Waals surface area (Å²) in [6.45, 7) is 5.64. The summed E-state index contributed by atoms with van der Waals surface area (Å²) in [5.74, 6) is 1.31. The predicted octanol–water partition coefficient (Wildman–Crippen LogP) is 5.57. The van der Waals surface area contributed by atoms with E-state index >= 15 is 0 Å². The van der Waals surface area contributed by atoms with Crippen molar-refractivity contribution in [1.29, 1.82) is 0 Å². The maximum absolute atomic E-state index is 13.2. The summed E-state index contributed by atoms with van der Waals surface area (Å²) in [5.41, 5.74) is 0.603. The topological polar surface area (TPSA) is 115 Å². The van der Waals surface area contributed by atoms with Gasteiger partial charge in [0.25, 0.3) is 0 Å². The Labute approximate surface area is 252 Å². The quantitative estimate of drug-likeness (QED) is 0.162. The lowest BCUT2D eigenvalue weighted by Crippen LogP contribution is -2.40. The van der Waals surface area contributed by atoms with E-state index in [1.54, 1.807) is 6.33 Å². The Kier molecular flexibility index (Phi) is 8.31. The summed E-state index contributed by atoms with van der Waals surface area (Å²) in [4.78, 5) is 18.7. The number of hydrogen-bond donors (Lipinski definition) is 4. The van der Waals surface area contributed by atoms with Gasteiger partial charge in [-0.25, -0.2) is 15.0 Å². The molecule has 0 bridgehead atoms. The molecule has 1 aromatic carbocycles. The minimum absolute atomic E-state index is 0.117. The molecule has 3 heterocycles. The summed E-state index contributed by atoms with van der Waals surface area (Å²) in [6.07, 6.45) is 2.27. The van der Waals surface area contributed by atoms with Gasteiger partial charge in [-0.3, -0.25) is 0 Å². The zero-order chi connectivity index (χ0) is 30.5. The molecule has 0 aliphatic heterocycles. The molecule has 2 fully saturated rings. The highest BCUT2D eigenvalue weighted by Gasteiger charge is 2.43. The number of rotatable bonds is 11. The third kappa shape index (κ3) is 6.33. The van der Waals surface area contributed by atoms with E-state index in [4.69, 9.17) is 11.6 Å². The minimum atomic E-state index is -4.53. The molecule has 3 aromatic heterocycles. The fourth-order valence-corrected chi connectivity index (χ4v) is 6.48. The van der Waals surface area contributed by atoms with Gasteiger partial charge in [-0.1, -0.05) is 11.6 Å². The van der Waals surface area contributed by atoms with Crippen molar-refractivity contribution in [2.45, 2.75) is 88.9 Å². The number of H-pyrrole nitrogens is 1. The van der Waals surface area contributed by atoms with Crippen molar-refractivity contribution >= 4 is 39.5 Å². The maximum atomic E-state index is 13.2. The van der Waals surface area contributed by atoms with Crippen LogP contribution in [-0.4, -0.2) is 77.0 Å². The van der Waals surface area contributed by atoms with E-state index in [2.05, 4.69) is 44.0 Å². The van der Waals surface area contributed by atoms with Crippen LogP contribution < -0.4 is 5.32 Å². The number of alkyl halides is 3. The smallest absolute Gasteiger partial charge is 0.390 e. The first kappa shape index (κ1) is 30.1.